The normalized spacial score (nSPS) is 12.2. The van der Waals surface area contributed by atoms with E-state index in [1.165, 1.54) is 21.4 Å². The molecular weight excluding hydrogens is 254 g/mol. The summed E-state index contributed by atoms with van der Waals surface area (Å²) in [5.74, 6) is 0. The van der Waals surface area contributed by atoms with Crippen LogP contribution >= 0.6 is 0 Å². The Kier molecular flexibility index (Phi) is 5.77. The lowest BCUT2D eigenvalue weighted by Gasteiger charge is -2.20. The van der Waals surface area contributed by atoms with E-state index in [4.69, 9.17) is 5.11 Å². The summed E-state index contributed by atoms with van der Waals surface area (Å²) in [7, 11) is -1.80. The van der Waals surface area contributed by atoms with E-state index in [2.05, 4.69) is 5.10 Å². The Morgan fingerprint density at radius 1 is 1.39 bits per heavy atom. The highest BCUT2D eigenvalue weighted by Gasteiger charge is 2.24. The second-order valence-corrected chi connectivity index (χ2v) is 6.12. The van der Waals surface area contributed by atoms with E-state index in [1.54, 1.807) is 7.05 Å². The number of hydrogen-bond donors (Lipinski definition) is 1. The van der Waals surface area contributed by atoms with Crippen LogP contribution in [0.2, 0.25) is 0 Å². The number of nitrogens with zero attached hydrogens (tertiary/aromatic N) is 3. The monoisotopic (exact) mass is 275 g/mol. The highest BCUT2D eigenvalue weighted by Crippen LogP contribution is 2.15. The summed E-state index contributed by atoms with van der Waals surface area (Å²) in [5.41, 5.74) is 0. The fourth-order valence-corrected chi connectivity index (χ4v) is 3.12. The summed E-state index contributed by atoms with van der Waals surface area (Å²) in [6.07, 6.45) is 5.03. The van der Waals surface area contributed by atoms with Crippen molar-refractivity contribution < 1.29 is 13.5 Å². The summed E-state index contributed by atoms with van der Waals surface area (Å²) < 4.78 is 27.6. The standard InChI is InChI=1S/C11H21N3O3S/c1-3-4-6-14(7-5-8-15)18(16,17)11-9-12-13(2)10-11/h9-10,15H,3-8H2,1-2H3. The second kappa shape index (κ2) is 6.86. The zero-order valence-corrected chi connectivity index (χ0v) is 11.7. The maximum absolute atomic E-state index is 12.3. The van der Waals surface area contributed by atoms with Gasteiger partial charge in [0.2, 0.25) is 10.0 Å². The van der Waals surface area contributed by atoms with Gasteiger partial charge >= 0.3 is 0 Å². The first-order valence-corrected chi connectivity index (χ1v) is 7.56. The fraction of sp³-hybridized carbons (Fsp3) is 0.727. The van der Waals surface area contributed by atoms with E-state index in [9.17, 15) is 8.42 Å². The molecule has 1 heterocycles. The molecule has 1 aromatic heterocycles. The summed E-state index contributed by atoms with van der Waals surface area (Å²) in [6, 6.07) is 0. The van der Waals surface area contributed by atoms with Crippen LogP contribution in [0.4, 0.5) is 0 Å². The molecule has 18 heavy (non-hydrogen) atoms. The van der Waals surface area contributed by atoms with Crippen molar-refractivity contribution in [3.05, 3.63) is 12.4 Å². The summed E-state index contributed by atoms with van der Waals surface area (Å²) in [6.45, 7) is 2.83. The topological polar surface area (TPSA) is 75.4 Å². The number of aliphatic hydroxyl groups is 1. The molecule has 0 aromatic carbocycles. The summed E-state index contributed by atoms with van der Waals surface area (Å²) in [4.78, 5) is 0.207. The van der Waals surface area contributed by atoms with Crippen LogP contribution in [-0.4, -0.2) is 47.3 Å². The summed E-state index contributed by atoms with van der Waals surface area (Å²) in [5, 5.41) is 12.7. The van der Waals surface area contributed by atoms with Crippen LogP contribution in [0.1, 0.15) is 26.2 Å². The van der Waals surface area contributed by atoms with Crippen LogP contribution in [0.25, 0.3) is 0 Å². The molecule has 0 radical (unpaired) electrons. The first-order chi connectivity index (χ1) is 8.52. The third-order valence-electron chi connectivity index (χ3n) is 2.65. The number of rotatable bonds is 8. The molecule has 0 bridgehead atoms. The van der Waals surface area contributed by atoms with Gasteiger partial charge in [-0.05, 0) is 12.8 Å². The van der Waals surface area contributed by atoms with E-state index >= 15 is 0 Å². The predicted molar refractivity (Wildman–Crippen MR) is 68.6 cm³/mol. The largest absolute Gasteiger partial charge is 0.396 e. The minimum absolute atomic E-state index is 0.00875. The molecule has 0 saturated heterocycles. The van der Waals surface area contributed by atoms with Crippen LogP contribution in [-0.2, 0) is 17.1 Å². The van der Waals surface area contributed by atoms with E-state index < -0.39 is 10.0 Å². The van der Waals surface area contributed by atoms with Gasteiger partial charge in [-0.15, -0.1) is 0 Å². The molecule has 0 saturated carbocycles. The molecule has 0 fully saturated rings. The minimum Gasteiger partial charge on any atom is -0.396 e. The zero-order valence-electron chi connectivity index (χ0n) is 10.9. The van der Waals surface area contributed by atoms with Crippen LogP contribution < -0.4 is 0 Å². The maximum Gasteiger partial charge on any atom is 0.246 e. The van der Waals surface area contributed by atoms with Crippen LogP contribution in [0.3, 0.4) is 0 Å². The molecule has 7 heteroatoms. The van der Waals surface area contributed by atoms with Gasteiger partial charge in [-0.3, -0.25) is 4.68 Å². The van der Waals surface area contributed by atoms with Crippen molar-refractivity contribution in [1.29, 1.82) is 0 Å². The average molecular weight is 275 g/mol. The number of aromatic nitrogens is 2. The Labute approximate surface area is 108 Å². The Balaban J connectivity index is 2.88. The molecule has 104 valence electrons. The molecule has 0 aliphatic rings. The predicted octanol–water partition coefficient (Wildman–Crippen LogP) is 0.593. The van der Waals surface area contributed by atoms with Crippen molar-refractivity contribution in [2.75, 3.05) is 19.7 Å². The third kappa shape index (κ3) is 3.79. The van der Waals surface area contributed by atoms with Gasteiger partial charge in [0.25, 0.3) is 0 Å². The van der Waals surface area contributed by atoms with Gasteiger partial charge in [-0.2, -0.15) is 9.40 Å². The van der Waals surface area contributed by atoms with Gasteiger partial charge in [0, 0.05) is 32.9 Å². The highest BCUT2D eigenvalue weighted by molar-refractivity contribution is 7.89. The van der Waals surface area contributed by atoms with E-state index in [0.29, 0.717) is 19.5 Å². The fourth-order valence-electron chi connectivity index (χ4n) is 1.61. The molecule has 0 unspecified atom stereocenters. The number of hydrogen-bond acceptors (Lipinski definition) is 4. The van der Waals surface area contributed by atoms with Gasteiger partial charge in [0.1, 0.15) is 4.90 Å². The van der Waals surface area contributed by atoms with Crippen molar-refractivity contribution in [2.24, 2.45) is 7.05 Å². The first-order valence-electron chi connectivity index (χ1n) is 6.12. The number of aliphatic hydroxyl groups excluding tert-OH is 1. The number of aryl methyl sites for hydroxylation is 1. The molecule has 6 nitrogen and oxygen atoms in total. The van der Waals surface area contributed by atoms with Crippen molar-refractivity contribution in [1.82, 2.24) is 14.1 Å². The van der Waals surface area contributed by atoms with Crippen LogP contribution in [0.15, 0.2) is 17.3 Å². The van der Waals surface area contributed by atoms with Crippen LogP contribution in [0, 0.1) is 0 Å². The zero-order chi connectivity index (χ0) is 13.6. The molecule has 0 spiro atoms. The Bertz CT molecular complexity index is 448. The van der Waals surface area contributed by atoms with Gasteiger partial charge < -0.3 is 5.11 Å². The molecule has 1 aromatic rings. The van der Waals surface area contributed by atoms with Crippen molar-refractivity contribution in [3.8, 4) is 0 Å². The smallest absolute Gasteiger partial charge is 0.246 e. The molecule has 0 aliphatic carbocycles. The van der Waals surface area contributed by atoms with Gasteiger partial charge in [0.15, 0.2) is 0 Å². The average Bonchev–Trinajstić information content (AvgIpc) is 2.76. The molecular formula is C11H21N3O3S. The molecule has 1 N–H and O–H groups in total. The quantitative estimate of drug-likeness (QED) is 0.753. The van der Waals surface area contributed by atoms with Crippen LogP contribution in [0.5, 0.6) is 0 Å². The molecule has 1 rings (SSSR count). The van der Waals surface area contributed by atoms with Crippen molar-refractivity contribution in [3.63, 3.8) is 0 Å². The Morgan fingerprint density at radius 2 is 2.06 bits per heavy atom. The Hall–Kier alpha value is -0.920. The molecule has 0 amide bonds. The minimum atomic E-state index is -3.49. The SMILES string of the molecule is CCCCN(CCCO)S(=O)(=O)c1cnn(C)c1. The second-order valence-electron chi connectivity index (χ2n) is 4.18. The van der Waals surface area contributed by atoms with Gasteiger partial charge in [-0.25, -0.2) is 8.42 Å². The van der Waals surface area contributed by atoms with Gasteiger partial charge in [0.05, 0.1) is 6.20 Å². The van der Waals surface area contributed by atoms with Crippen molar-refractivity contribution in [2.45, 2.75) is 31.1 Å². The Morgan fingerprint density at radius 3 is 2.56 bits per heavy atom. The number of sulfonamides is 1. The lowest BCUT2D eigenvalue weighted by molar-refractivity contribution is 0.268. The van der Waals surface area contributed by atoms with E-state index in [-0.39, 0.29) is 11.5 Å². The first kappa shape index (κ1) is 15.1. The number of unbranched alkanes of at least 4 members (excludes halogenated alkanes) is 1. The molecule has 0 aliphatic heterocycles. The van der Waals surface area contributed by atoms with Crippen molar-refractivity contribution >= 4 is 10.0 Å². The van der Waals surface area contributed by atoms with Gasteiger partial charge in [-0.1, -0.05) is 13.3 Å². The summed E-state index contributed by atoms with van der Waals surface area (Å²) >= 11 is 0. The highest BCUT2D eigenvalue weighted by atomic mass is 32.2. The lowest BCUT2D eigenvalue weighted by Crippen LogP contribution is -2.33. The maximum atomic E-state index is 12.3. The third-order valence-corrected chi connectivity index (χ3v) is 4.50. The molecule has 0 atom stereocenters. The lowest BCUT2D eigenvalue weighted by atomic mass is 10.3. The van der Waals surface area contributed by atoms with E-state index in [0.717, 1.165) is 12.8 Å². The van der Waals surface area contributed by atoms with E-state index in [1.807, 2.05) is 6.92 Å².